The fourth-order valence-electron chi connectivity index (χ4n) is 1.44. The average Bonchev–Trinajstić information content (AvgIpc) is 2.23. The summed E-state index contributed by atoms with van der Waals surface area (Å²) in [5, 5.41) is 10.9. The van der Waals surface area contributed by atoms with E-state index in [0.29, 0.717) is 0 Å². The highest BCUT2D eigenvalue weighted by molar-refractivity contribution is 5.30. The molecule has 0 atom stereocenters. The van der Waals surface area contributed by atoms with Crippen molar-refractivity contribution in [2.75, 3.05) is 0 Å². The largest absolute Gasteiger partial charge is 0.290 e. The first-order valence-electron chi connectivity index (χ1n) is 4.64. The van der Waals surface area contributed by atoms with Gasteiger partial charge in [0.05, 0.1) is 0 Å². The van der Waals surface area contributed by atoms with Crippen molar-refractivity contribution < 1.29 is 5.11 Å². The third-order valence-corrected chi connectivity index (χ3v) is 2.17. The molecule has 0 spiro atoms. The van der Waals surface area contributed by atoms with E-state index in [1.165, 1.54) is 11.1 Å². The summed E-state index contributed by atoms with van der Waals surface area (Å²) in [6.45, 7) is 0. The van der Waals surface area contributed by atoms with Gasteiger partial charge in [0.25, 0.3) is 0 Å². The van der Waals surface area contributed by atoms with Crippen LogP contribution in [-0.2, 0) is 11.5 Å². The molecule has 2 aromatic rings. The lowest BCUT2D eigenvalue weighted by Gasteiger charge is -2.00. The van der Waals surface area contributed by atoms with E-state index < -0.39 is 0 Å². The van der Waals surface area contributed by atoms with E-state index >= 15 is 0 Å². The second-order valence-electron chi connectivity index (χ2n) is 3.31. The van der Waals surface area contributed by atoms with E-state index in [-0.39, 0.29) is 5.75 Å². The topological polar surface area (TPSA) is 19.9 Å². The highest BCUT2D eigenvalue weighted by Crippen LogP contribution is 2.13. The van der Waals surface area contributed by atoms with E-state index in [0.717, 1.165) is 6.42 Å². The van der Waals surface area contributed by atoms with Crippen LogP contribution in [-0.4, -0.2) is 0 Å². The van der Waals surface area contributed by atoms with Crippen LogP contribution in [0.3, 0.4) is 0 Å². The van der Waals surface area contributed by atoms with Gasteiger partial charge in [0.2, 0.25) is 0 Å². The van der Waals surface area contributed by atoms with Crippen LogP contribution < -0.4 is 0 Å². The summed E-state index contributed by atoms with van der Waals surface area (Å²) in [7, 11) is 0. The van der Waals surface area contributed by atoms with Crippen molar-refractivity contribution in [3.63, 3.8) is 0 Å². The quantitative estimate of drug-likeness (QED) is 0.679. The molecule has 0 bridgehead atoms. The van der Waals surface area contributed by atoms with Crippen molar-refractivity contribution in [1.29, 1.82) is 0 Å². The average molecular weight is 183 g/mol. The minimum Gasteiger partial charge on any atom is -0.290 e. The predicted octanol–water partition coefficient (Wildman–Crippen LogP) is 3.42. The van der Waals surface area contributed by atoms with E-state index in [1.807, 2.05) is 30.3 Å². The SMILES string of the molecule is [O]c1ccc(Cc2ccccc2)cc1. The molecule has 0 aliphatic heterocycles. The molecule has 0 aromatic heterocycles. The Morgan fingerprint density at radius 3 is 1.93 bits per heavy atom. The minimum atomic E-state index is 0.0711. The van der Waals surface area contributed by atoms with Gasteiger partial charge < -0.3 is 0 Å². The smallest absolute Gasteiger partial charge is 0.178 e. The lowest BCUT2D eigenvalue weighted by Crippen LogP contribution is -1.86. The van der Waals surface area contributed by atoms with Crippen molar-refractivity contribution in [3.8, 4) is 5.75 Å². The van der Waals surface area contributed by atoms with Crippen LogP contribution in [0.5, 0.6) is 5.75 Å². The van der Waals surface area contributed by atoms with E-state index in [9.17, 15) is 5.11 Å². The first kappa shape index (κ1) is 8.82. The molecular weight excluding hydrogens is 172 g/mol. The van der Waals surface area contributed by atoms with Crippen LogP contribution in [0.15, 0.2) is 54.6 Å². The Kier molecular flexibility index (Phi) is 2.50. The number of rotatable bonds is 2. The molecule has 1 nitrogen and oxygen atoms in total. The second kappa shape index (κ2) is 3.97. The molecule has 0 N–H and O–H groups in total. The van der Waals surface area contributed by atoms with Crippen LogP contribution in [0.2, 0.25) is 0 Å². The van der Waals surface area contributed by atoms with Crippen molar-refractivity contribution in [3.05, 3.63) is 65.7 Å². The molecule has 0 heterocycles. The highest BCUT2D eigenvalue weighted by Gasteiger charge is 1.95. The zero-order valence-corrected chi connectivity index (χ0v) is 7.81. The fraction of sp³-hybridized carbons (Fsp3) is 0.0769. The molecule has 14 heavy (non-hydrogen) atoms. The van der Waals surface area contributed by atoms with E-state index in [2.05, 4.69) is 12.1 Å². The van der Waals surface area contributed by atoms with Gasteiger partial charge in [-0.25, -0.2) is 0 Å². The predicted molar refractivity (Wildman–Crippen MR) is 55.8 cm³/mol. The van der Waals surface area contributed by atoms with Crippen LogP contribution in [0.1, 0.15) is 11.1 Å². The van der Waals surface area contributed by atoms with Gasteiger partial charge in [-0.3, -0.25) is 5.11 Å². The van der Waals surface area contributed by atoms with Gasteiger partial charge in [0, 0.05) is 0 Å². The third kappa shape index (κ3) is 2.13. The lowest BCUT2D eigenvalue weighted by atomic mass is 10.1. The molecule has 1 heteroatoms. The van der Waals surface area contributed by atoms with Gasteiger partial charge in [-0.15, -0.1) is 0 Å². The Bertz CT molecular complexity index is 389. The first-order valence-corrected chi connectivity index (χ1v) is 4.64. The Morgan fingerprint density at radius 1 is 0.714 bits per heavy atom. The van der Waals surface area contributed by atoms with Gasteiger partial charge >= 0.3 is 0 Å². The summed E-state index contributed by atoms with van der Waals surface area (Å²) in [5.74, 6) is 0.0711. The Hall–Kier alpha value is -1.76. The molecule has 0 saturated carbocycles. The lowest BCUT2D eigenvalue weighted by molar-refractivity contribution is 0.355. The van der Waals surface area contributed by atoms with Crippen LogP contribution in [0.4, 0.5) is 0 Å². The van der Waals surface area contributed by atoms with Gasteiger partial charge in [0.1, 0.15) is 0 Å². The van der Waals surface area contributed by atoms with Gasteiger partial charge in [-0.2, -0.15) is 0 Å². The Labute approximate surface area is 83.6 Å². The van der Waals surface area contributed by atoms with Crippen molar-refractivity contribution in [2.24, 2.45) is 0 Å². The van der Waals surface area contributed by atoms with Crippen LogP contribution in [0, 0.1) is 0 Å². The highest BCUT2D eigenvalue weighted by atomic mass is 16.3. The molecule has 0 saturated heterocycles. The molecule has 0 unspecified atom stereocenters. The summed E-state index contributed by atoms with van der Waals surface area (Å²) in [5.41, 5.74) is 2.45. The molecule has 2 rings (SSSR count). The molecule has 0 fully saturated rings. The monoisotopic (exact) mass is 183 g/mol. The van der Waals surface area contributed by atoms with Gasteiger partial charge in [-0.1, -0.05) is 42.5 Å². The first-order chi connectivity index (χ1) is 6.84. The molecule has 0 aliphatic carbocycles. The zero-order chi connectivity index (χ0) is 9.80. The summed E-state index contributed by atoms with van der Waals surface area (Å²) >= 11 is 0. The van der Waals surface area contributed by atoms with Crippen LogP contribution in [0.25, 0.3) is 0 Å². The molecule has 1 radical (unpaired) electrons. The standard InChI is InChI=1S/C13H11O/c14-13-8-6-12(7-9-13)10-11-4-2-1-3-5-11/h1-9H,10H2. The number of benzene rings is 2. The summed E-state index contributed by atoms with van der Waals surface area (Å²) < 4.78 is 0. The van der Waals surface area contributed by atoms with Gasteiger partial charge in [0.15, 0.2) is 5.75 Å². The normalized spacial score (nSPS) is 10.0. The summed E-state index contributed by atoms with van der Waals surface area (Å²) in [6.07, 6.45) is 0.890. The van der Waals surface area contributed by atoms with Crippen molar-refractivity contribution in [1.82, 2.24) is 0 Å². The van der Waals surface area contributed by atoms with Crippen molar-refractivity contribution in [2.45, 2.75) is 6.42 Å². The zero-order valence-electron chi connectivity index (χ0n) is 7.81. The summed E-state index contributed by atoms with van der Waals surface area (Å²) in [6, 6.07) is 17.2. The van der Waals surface area contributed by atoms with E-state index in [4.69, 9.17) is 0 Å². The van der Waals surface area contributed by atoms with Crippen molar-refractivity contribution >= 4 is 0 Å². The molecular formula is C13H11O. The molecule has 0 aliphatic rings. The van der Waals surface area contributed by atoms with Crippen LogP contribution >= 0.6 is 0 Å². The second-order valence-corrected chi connectivity index (χ2v) is 3.31. The number of hydrogen-bond donors (Lipinski definition) is 0. The third-order valence-electron chi connectivity index (χ3n) is 2.17. The summed E-state index contributed by atoms with van der Waals surface area (Å²) in [4.78, 5) is 0. The Balaban J connectivity index is 2.16. The fourth-order valence-corrected chi connectivity index (χ4v) is 1.44. The Morgan fingerprint density at radius 2 is 1.29 bits per heavy atom. The van der Waals surface area contributed by atoms with Gasteiger partial charge in [-0.05, 0) is 29.7 Å². The molecule has 69 valence electrons. The number of hydrogen-bond acceptors (Lipinski definition) is 0. The molecule has 2 aromatic carbocycles. The maximum atomic E-state index is 10.9. The molecule has 0 amide bonds. The minimum absolute atomic E-state index is 0.0711. The maximum Gasteiger partial charge on any atom is 0.178 e. The maximum absolute atomic E-state index is 10.9. The van der Waals surface area contributed by atoms with E-state index in [1.54, 1.807) is 12.1 Å².